The number of nitrogens with one attached hydrogen (secondary N) is 2. The number of carbonyl (C=O) groups excluding carboxylic acids is 1. The van der Waals surface area contributed by atoms with Crippen LogP contribution in [-0.4, -0.2) is 63.0 Å². The molecule has 4 heterocycles. The van der Waals surface area contributed by atoms with Gasteiger partial charge in [0.2, 0.25) is 11.8 Å². The van der Waals surface area contributed by atoms with E-state index in [-0.39, 0.29) is 40.3 Å². The van der Waals surface area contributed by atoms with Crippen molar-refractivity contribution in [1.82, 2.24) is 29.5 Å². The Morgan fingerprint density at radius 1 is 1.20 bits per heavy atom. The minimum atomic E-state index is -0.586. The molecule has 184 valence electrons. The zero-order chi connectivity index (χ0) is 24.7. The van der Waals surface area contributed by atoms with Gasteiger partial charge < -0.3 is 20.1 Å². The van der Waals surface area contributed by atoms with Crippen LogP contribution in [0.1, 0.15) is 43.0 Å². The summed E-state index contributed by atoms with van der Waals surface area (Å²) in [5.74, 6) is -0.447. The summed E-state index contributed by atoms with van der Waals surface area (Å²) >= 11 is 0. The number of methoxy groups -OCH3 is 2. The molecule has 1 saturated carbocycles. The standard InChI is InChI=1S/C24H28FN7O3/c1-24(35-4)10-8-14(9-11-24)27-23-28-22(34-3)20-17(15(25)13-32(20)30-23)19-18(21(33)26-2)16-7-5-6-12-31(16)29-19/h5-7,12-14H,8-11H2,1-4H3,(H,26,33)(H,27,30). The van der Waals surface area contributed by atoms with E-state index in [0.717, 1.165) is 25.7 Å². The zero-order valence-electron chi connectivity index (χ0n) is 20.1. The van der Waals surface area contributed by atoms with E-state index in [4.69, 9.17) is 9.47 Å². The van der Waals surface area contributed by atoms with Crippen molar-refractivity contribution in [3.63, 3.8) is 0 Å². The van der Waals surface area contributed by atoms with Gasteiger partial charge in [0.15, 0.2) is 5.82 Å². The molecular weight excluding hydrogens is 453 g/mol. The molecule has 4 aromatic heterocycles. The second kappa shape index (κ2) is 8.81. The first-order valence-corrected chi connectivity index (χ1v) is 11.5. The topological polar surface area (TPSA) is 107 Å². The maximum atomic E-state index is 15.4. The summed E-state index contributed by atoms with van der Waals surface area (Å²) in [6, 6.07) is 5.50. The summed E-state index contributed by atoms with van der Waals surface area (Å²) in [6.45, 7) is 2.12. The highest BCUT2D eigenvalue weighted by atomic mass is 19.1. The molecule has 0 aromatic carbocycles. The van der Waals surface area contributed by atoms with Gasteiger partial charge in [-0.1, -0.05) is 6.07 Å². The first-order valence-electron chi connectivity index (χ1n) is 11.5. The molecule has 0 unspecified atom stereocenters. The van der Waals surface area contributed by atoms with Crippen LogP contribution in [0.25, 0.3) is 22.3 Å². The molecule has 0 aliphatic heterocycles. The van der Waals surface area contributed by atoms with Gasteiger partial charge in [-0.15, -0.1) is 5.10 Å². The summed E-state index contributed by atoms with van der Waals surface area (Å²) in [6.07, 6.45) is 6.58. The largest absolute Gasteiger partial charge is 0.479 e. The Hall–Kier alpha value is -3.73. The van der Waals surface area contributed by atoms with Crippen LogP contribution in [0.4, 0.5) is 10.3 Å². The average Bonchev–Trinajstić information content (AvgIpc) is 3.41. The number of anilines is 1. The minimum absolute atomic E-state index is 0.101. The lowest BCUT2D eigenvalue weighted by Gasteiger charge is -2.36. The maximum absolute atomic E-state index is 15.4. The number of hydrogen-bond acceptors (Lipinski definition) is 7. The van der Waals surface area contributed by atoms with E-state index in [1.165, 1.54) is 24.9 Å². The highest BCUT2D eigenvalue weighted by Gasteiger charge is 2.32. The Labute approximate surface area is 201 Å². The second-order valence-corrected chi connectivity index (χ2v) is 9.00. The molecule has 1 amide bonds. The molecule has 0 bridgehead atoms. The van der Waals surface area contributed by atoms with Gasteiger partial charge in [-0.25, -0.2) is 13.4 Å². The molecule has 0 spiro atoms. The highest BCUT2D eigenvalue weighted by Crippen LogP contribution is 2.37. The van der Waals surface area contributed by atoms with E-state index in [1.807, 2.05) is 0 Å². The van der Waals surface area contributed by atoms with E-state index in [0.29, 0.717) is 17.0 Å². The van der Waals surface area contributed by atoms with E-state index < -0.39 is 5.82 Å². The summed E-state index contributed by atoms with van der Waals surface area (Å²) in [4.78, 5) is 17.3. The quantitative estimate of drug-likeness (QED) is 0.435. The van der Waals surface area contributed by atoms with Crippen LogP contribution in [0.3, 0.4) is 0 Å². The molecule has 0 atom stereocenters. The summed E-state index contributed by atoms with van der Waals surface area (Å²) < 4.78 is 29.5. The molecule has 1 aliphatic rings. The van der Waals surface area contributed by atoms with Crippen molar-refractivity contribution in [2.75, 3.05) is 26.6 Å². The van der Waals surface area contributed by atoms with Crippen molar-refractivity contribution in [2.24, 2.45) is 0 Å². The predicted molar refractivity (Wildman–Crippen MR) is 128 cm³/mol. The van der Waals surface area contributed by atoms with E-state index in [2.05, 4.69) is 32.7 Å². The van der Waals surface area contributed by atoms with E-state index in [9.17, 15) is 4.79 Å². The highest BCUT2D eigenvalue weighted by molar-refractivity contribution is 6.08. The van der Waals surface area contributed by atoms with E-state index in [1.54, 1.807) is 36.0 Å². The fourth-order valence-corrected chi connectivity index (χ4v) is 4.73. The van der Waals surface area contributed by atoms with Crippen LogP contribution in [-0.2, 0) is 4.74 Å². The van der Waals surface area contributed by atoms with Gasteiger partial charge in [0.25, 0.3) is 5.91 Å². The van der Waals surface area contributed by atoms with Crippen LogP contribution in [0, 0.1) is 5.82 Å². The fourth-order valence-electron chi connectivity index (χ4n) is 4.73. The Morgan fingerprint density at radius 3 is 2.66 bits per heavy atom. The number of hydrogen-bond donors (Lipinski definition) is 2. The van der Waals surface area contributed by atoms with Gasteiger partial charge in [0.1, 0.15) is 11.2 Å². The minimum Gasteiger partial charge on any atom is -0.479 e. The van der Waals surface area contributed by atoms with Gasteiger partial charge in [0, 0.05) is 26.4 Å². The smallest absolute Gasteiger partial charge is 0.255 e. The molecule has 0 radical (unpaired) electrons. The Balaban J connectivity index is 1.58. The van der Waals surface area contributed by atoms with Crippen LogP contribution < -0.4 is 15.4 Å². The number of nitrogens with zero attached hydrogens (tertiary/aromatic N) is 5. The third kappa shape index (κ3) is 3.95. The normalized spacial score (nSPS) is 20.3. The lowest BCUT2D eigenvalue weighted by atomic mass is 9.83. The van der Waals surface area contributed by atoms with E-state index >= 15 is 4.39 Å². The summed E-state index contributed by atoms with van der Waals surface area (Å²) in [5.41, 5.74) is 1.27. The predicted octanol–water partition coefficient (Wildman–Crippen LogP) is 3.31. The number of aromatic nitrogens is 5. The molecule has 1 fully saturated rings. The third-order valence-corrected chi connectivity index (χ3v) is 6.85. The molecule has 35 heavy (non-hydrogen) atoms. The van der Waals surface area contributed by atoms with Crippen molar-refractivity contribution in [3.05, 3.63) is 42.0 Å². The Kier molecular flexibility index (Phi) is 5.79. The van der Waals surface area contributed by atoms with Crippen molar-refractivity contribution in [2.45, 2.75) is 44.2 Å². The Bertz CT molecular complexity index is 1410. The molecule has 2 N–H and O–H groups in total. The van der Waals surface area contributed by atoms with Crippen LogP contribution in [0.5, 0.6) is 5.88 Å². The van der Waals surface area contributed by atoms with Crippen molar-refractivity contribution < 1.29 is 18.7 Å². The zero-order valence-corrected chi connectivity index (χ0v) is 20.1. The van der Waals surface area contributed by atoms with Gasteiger partial charge in [-0.3, -0.25) is 4.79 Å². The van der Waals surface area contributed by atoms with Crippen LogP contribution >= 0.6 is 0 Å². The number of halogens is 1. The molecule has 11 heteroatoms. The van der Waals surface area contributed by atoms with Crippen molar-refractivity contribution in [3.8, 4) is 17.1 Å². The van der Waals surface area contributed by atoms with Gasteiger partial charge >= 0.3 is 0 Å². The van der Waals surface area contributed by atoms with Gasteiger partial charge in [0.05, 0.1) is 35.6 Å². The molecule has 4 aromatic rings. The number of amides is 1. The third-order valence-electron chi connectivity index (χ3n) is 6.85. The fraction of sp³-hybridized carbons (Fsp3) is 0.417. The number of ether oxygens (including phenoxy) is 2. The van der Waals surface area contributed by atoms with Crippen LogP contribution in [0.15, 0.2) is 30.6 Å². The van der Waals surface area contributed by atoms with Crippen molar-refractivity contribution >= 4 is 22.9 Å². The summed E-state index contributed by atoms with van der Waals surface area (Å²) in [5, 5.41) is 15.0. The van der Waals surface area contributed by atoms with Gasteiger partial charge in [-0.05, 0) is 44.7 Å². The number of pyridine rings is 1. The van der Waals surface area contributed by atoms with Gasteiger partial charge in [-0.2, -0.15) is 10.1 Å². The Morgan fingerprint density at radius 2 is 1.97 bits per heavy atom. The lowest BCUT2D eigenvalue weighted by Crippen LogP contribution is -2.37. The second-order valence-electron chi connectivity index (χ2n) is 9.00. The molecule has 5 rings (SSSR count). The monoisotopic (exact) mass is 481 g/mol. The molecule has 0 saturated heterocycles. The SMILES string of the molecule is CNC(=O)c1c(-c2c(F)cn3nc(NC4CCC(C)(OC)CC4)nc(OC)c23)nn2ccccc12. The first kappa shape index (κ1) is 23.0. The summed E-state index contributed by atoms with van der Waals surface area (Å²) in [7, 11) is 4.73. The molecule has 10 nitrogen and oxygen atoms in total. The number of fused-ring (bicyclic) bond motifs is 2. The maximum Gasteiger partial charge on any atom is 0.255 e. The number of rotatable bonds is 6. The lowest BCUT2D eigenvalue weighted by molar-refractivity contribution is -0.0253. The number of carbonyl (C=O) groups is 1. The molecular formula is C24H28FN7O3. The molecule has 1 aliphatic carbocycles. The van der Waals surface area contributed by atoms with Crippen LogP contribution in [0.2, 0.25) is 0 Å². The first-order chi connectivity index (χ1) is 16.9. The average molecular weight is 482 g/mol. The van der Waals surface area contributed by atoms with Crippen molar-refractivity contribution in [1.29, 1.82) is 0 Å².